The van der Waals surface area contributed by atoms with Crippen molar-refractivity contribution in [2.45, 2.75) is 32.4 Å². The van der Waals surface area contributed by atoms with Gasteiger partial charge in [0.1, 0.15) is 5.76 Å². The number of halogens is 1. The number of hydrogen-bond acceptors (Lipinski definition) is 4. The molecule has 1 atom stereocenters. The Balaban J connectivity index is 1.67. The van der Waals surface area contributed by atoms with Gasteiger partial charge in [0.2, 0.25) is 0 Å². The lowest BCUT2D eigenvalue weighted by Gasteiger charge is -2.23. The quantitative estimate of drug-likeness (QED) is 0.501. The second-order valence-electron chi connectivity index (χ2n) is 7.83. The van der Waals surface area contributed by atoms with Crippen molar-refractivity contribution in [3.8, 4) is 0 Å². The van der Waals surface area contributed by atoms with Crippen LogP contribution in [0.1, 0.15) is 34.4 Å². The maximum atomic E-state index is 13.4. The lowest BCUT2D eigenvalue weighted by molar-refractivity contribution is -0.140. The average molecular weight is 480 g/mol. The zero-order valence-corrected chi connectivity index (χ0v) is 18.8. The first-order valence-electron chi connectivity index (χ1n) is 9.93. The summed E-state index contributed by atoms with van der Waals surface area (Å²) in [6, 6.07) is 14.8. The van der Waals surface area contributed by atoms with Gasteiger partial charge in [0.15, 0.2) is 11.4 Å². The molecule has 6 heteroatoms. The Morgan fingerprint density at radius 2 is 2.00 bits per heavy atom. The van der Waals surface area contributed by atoms with E-state index in [0.717, 1.165) is 21.2 Å². The minimum atomic E-state index is -1.93. The van der Waals surface area contributed by atoms with Gasteiger partial charge in [-0.15, -0.1) is 0 Å². The number of carbonyl (C=O) groups is 2. The van der Waals surface area contributed by atoms with Crippen LogP contribution in [0, 0.1) is 13.8 Å². The largest absolute Gasteiger partial charge is 0.465 e. The fraction of sp³-hybridized carbons (Fsp3) is 0.200. The lowest BCUT2D eigenvalue weighted by atomic mass is 9.90. The van der Waals surface area contributed by atoms with E-state index >= 15 is 0 Å². The molecule has 0 saturated carbocycles. The number of ketones is 1. The summed E-state index contributed by atoms with van der Waals surface area (Å²) in [6.45, 7) is 4.31. The Bertz CT molecular complexity index is 1180. The van der Waals surface area contributed by atoms with Gasteiger partial charge in [-0.05, 0) is 67.5 Å². The van der Waals surface area contributed by atoms with Crippen molar-refractivity contribution in [3.05, 3.63) is 93.4 Å². The van der Waals surface area contributed by atoms with E-state index in [0.29, 0.717) is 23.6 Å². The van der Waals surface area contributed by atoms with Gasteiger partial charge in [0, 0.05) is 10.0 Å². The average Bonchev–Trinajstić information content (AvgIpc) is 3.31. The van der Waals surface area contributed by atoms with Crippen LogP contribution >= 0.6 is 15.9 Å². The number of amides is 1. The Labute approximate surface area is 189 Å². The van der Waals surface area contributed by atoms with Crippen molar-refractivity contribution in [2.75, 3.05) is 4.90 Å². The number of aryl methyl sites for hydroxylation is 2. The van der Waals surface area contributed by atoms with Gasteiger partial charge < -0.3 is 14.4 Å². The maximum Gasteiger partial charge on any atom is 0.264 e. The van der Waals surface area contributed by atoms with Crippen LogP contribution in [0.3, 0.4) is 0 Å². The monoisotopic (exact) mass is 479 g/mol. The Hall–Kier alpha value is -2.96. The molecule has 2 aromatic carbocycles. The zero-order chi connectivity index (χ0) is 22.2. The van der Waals surface area contributed by atoms with E-state index in [4.69, 9.17) is 4.42 Å². The molecule has 0 fully saturated rings. The van der Waals surface area contributed by atoms with Crippen molar-refractivity contribution in [3.63, 3.8) is 0 Å². The van der Waals surface area contributed by atoms with Crippen molar-refractivity contribution in [2.24, 2.45) is 0 Å². The fourth-order valence-corrected chi connectivity index (χ4v) is 4.22. The van der Waals surface area contributed by atoms with E-state index in [1.54, 1.807) is 29.2 Å². The Morgan fingerprint density at radius 3 is 2.74 bits per heavy atom. The molecule has 1 amide bonds. The predicted octanol–water partition coefficient (Wildman–Crippen LogP) is 5.07. The molecule has 0 spiro atoms. The number of nitrogens with zero attached hydrogens (tertiary/aromatic N) is 1. The van der Waals surface area contributed by atoms with Crippen molar-refractivity contribution in [1.82, 2.24) is 0 Å². The standard InChI is InChI=1S/C25H22BrNO4/c1-16-5-6-17(2)18(12-16)15-27-23-10-7-19(26)13-22(23)25(30,24(27)29)14-20(28)8-9-21-4-3-11-31-21/h3-13,30H,14-15H2,1-2H3/b9-8+/t25-/m1/s1. The van der Waals surface area contributed by atoms with Gasteiger partial charge >= 0.3 is 0 Å². The third-order valence-corrected chi connectivity index (χ3v) is 6.03. The normalized spacial score (nSPS) is 18.1. The summed E-state index contributed by atoms with van der Waals surface area (Å²) in [5.41, 5.74) is 2.26. The summed E-state index contributed by atoms with van der Waals surface area (Å²) in [5.74, 6) is -0.342. The van der Waals surface area contributed by atoms with Crippen molar-refractivity contribution in [1.29, 1.82) is 0 Å². The molecule has 0 saturated heterocycles. The minimum absolute atomic E-state index is 0.319. The van der Waals surface area contributed by atoms with Crippen LogP contribution in [-0.2, 0) is 21.7 Å². The highest BCUT2D eigenvalue weighted by Gasteiger charge is 2.50. The third-order valence-electron chi connectivity index (χ3n) is 5.53. The van der Waals surface area contributed by atoms with E-state index in [9.17, 15) is 14.7 Å². The molecule has 0 unspecified atom stereocenters. The van der Waals surface area contributed by atoms with Crippen molar-refractivity contribution >= 4 is 39.4 Å². The van der Waals surface area contributed by atoms with Crippen LogP contribution < -0.4 is 4.90 Å². The van der Waals surface area contributed by atoms with Crippen LogP contribution in [0.2, 0.25) is 0 Å². The number of furan rings is 1. The molecule has 1 aliphatic heterocycles. The topological polar surface area (TPSA) is 70.8 Å². The van der Waals surface area contributed by atoms with E-state index in [1.165, 1.54) is 18.4 Å². The summed E-state index contributed by atoms with van der Waals surface area (Å²) in [4.78, 5) is 27.6. The molecule has 2 heterocycles. The maximum absolute atomic E-state index is 13.4. The van der Waals surface area contributed by atoms with Crippen LogP contribution in [0.15, 0.2) is 69.8 Å². The first-order chi connectivity index (χ1) is 14.8. The van der Waals surface area contributed by atoms with Gasteiger partial charge in [-0.2, -0.15) is 0 Å². The molecular weight excluding hydrogens is 458 g/mol. The number of anilines is 1. The molecular formula is C25H22BrNO4. The summed E-state index contributed by atoms with van der Waals surface area (Å²) in [6.07, 6.45) is 4.02. The van der Waals surface area contributed by atoms with Crippen LogP contribution in [0.5, 0.6) is 0 Å². The van der Waals surface area contributed by atoms with Crippen LogP contribution in [-0.4, -0.2) is 16.8 Å². The first-order valence-corrected chi connectivity index (χ1v) is 10.7. The van der Waals surface area contributed by atoms with Crippen LogP contribution in [0.25, 0.3) is 6.08 Å². The molecule has 1 N–H and O–H groups in total. The minimum Gasteiger partial charge on any atom is -0.465 e. The lowest BCUT2D eigenvalue weighted by Crippen LogP contribution is -2.41. The summed E-state index contributed by atoms with van der Waals surface area (Å²) < 4.78 is 5.92. The number of hydrogen-bond donors (Lipinski definition) is 1. The Morgan fingerprint density at radius 1 is 1.19 bits per heavy atom. The molecule has 0 radical (unpaired) electrons. The molecule has 158 valence electrons. The summed E-state index contributed by atoms with van der Waals surface area (Å²) >= 11 is 3.42. The number of allylic oxidation sites excluding steroid dienone is 1. The van der Waals surface area contributed by atoms with Gasteiger partial charge in [-0.1, -0.05) is 39.7 Å². The van der Waals surface area contributed by atoms with Gasteiger partial charge in [-0.3, -0.25) is 9.59 Å². The third kappa shape index (κ3) is 4.13. The van der Waals surface area contributed by atoms with Gasteiger partial charge in [-0.25, -0.2) is 0 Å². The first kappa shape index (κ1) is 21.3. The smallest absolute Gasteiger partial charge is 0.264 e. The van der Waals surface area contributed by atoms with E-state index < -0.39 is 11.5 Å². The van der Waals surface area contributed by atoms with Gasteiger partial charge in [0.25, 0.3) is 5.91 Å². The summed E-state index contributed by atoms with van der Waals surface area (Å²) in [5, 5.41) is 11.4. The van der Waals surface area contributed by atoms with E-state index in [1.807, 2.05) is 38.1 Å². The molecule has 5 nitrogen and oxygen atoms in total. The van der Waals surface area contributed by atoms with E-state index in [2.05, 4.69) is 15.9 Å². The number of fused-ring (bicyclic) bond motifs is 1. The molecule has 31 heavy (non-hydrogen) atoms. The second-order valence-corrected chi connectivity index (χ2v) is 8.75. The number of benzene rings is 2. The highest BCUT2D eigenvalue weighted by molar-refractivity contribution is 9.10. The molecule has 4 rings (SSSR count). The van der Waals surface area contributed by atoms with Crippen LogP contribution in [0.4, 0.5) is 5.69 Å². The number of rotatable bonds is 6. The van der Waals surface area contributed by atoms with Crippen molar-refractivity contribution < 1.29 is 19.1 Å². The SMILES string of the molecule is Cc1ccc(C)c(CN2C(=O)[C@@](O)(CC(=O)/C=C/c3ccco3)c3cc(Br)ccc32)c1. The van der Waals surface area contributed by atoms with E-state index in [-0.39, 0.29) is 12.2 Å². The molecule has 1 aromatic heterocycles. The predicted molar refractivity (Wildman–Crippen MR) is 123 cm³/mol. The molecule has 3 aromatic rings. The highest BCUT2D eigenvalue weighted by atomic mass is 79.9. The summed E-state index contributed by atoms with van der Waals surface area (Å²) in [7, 11) is 0. The zero-order valence-electron chi connectivity index (χ0n) is 17.3. The molecule has 1 aliphatic rings. The Kier molecular flexibility index (Phi) is 5.69. The fourth-order valence-electron chi connectivity index (χ4n) is 3.86. The second kappa shape index (κ2) is 8.29. The number of aliphatic hydroxyl groups is 1. The van der Waals surface area contributed by atoms with Gasteiger partial charge in [0.05, 0.1) is 24.9 Å². The molecule has 0 bridgehead atoms. The highest BCUT2D eigenvalue weighted by Crippen LogP contribution is 2.44. The number of carbonyl (C=O) groups excluding carboxylic acids is 2. The molecule has 0 aliphatic carbocycles.